The summed E-state index contributed by atoms with van der Waals surface area (Å²) >= 11 is 5.26. The van der Waals surface area contributed by atoms with Crippen LogP contribution in [0.2, 0.25) is 0 Å². The van der Waals surface area contributed by atoms with Crippen molar-refractivity contribution >= 4 is 34.8 Å². The summed E-state index contributed by atoms with van der Waals surface area (Å²) in [4.78, 5) is 20.3. The Bertz CT molecular complexity index is 895. The molecule has 0 atom stereocenters. The Hall–Kier alpha value is -1.95. The lowest BCUT2D eigenvalue weighted by molar-refractivity contribution is -0.127. The molecule has 1 amide bonds. The Balaban J connectivity index is 1.26. The van der Waals surface area contributed by atoms with E-state index in [9.17, 15) is 4.79 Å². The van der Waals surface area contributed by atoms with Crippen LogP contribution in [0.4, 0.5) is 5.82 Å². The molecule has 29 heavy (non-hydrogen) atoms. The lowest BCUT2D eigenvalue weighted by Crippen LogP contribution is -2.42. The van der Waals surface area contributed by atoms with Crippen LogP contribution in [0.3, 0.4) is 0 Å². The van der Waals surface area contributed by atoms with E-state index in [0.29, 0.717) is 16.7 Å². The van der Waals surface area contributed by atoms with Crippen molar-refractivity contribution in [1.82, 2.24) is 15.3 Å². The highest BCUT2D eigenvalue weighted by atomic mass is 32.1. The standard InChI is InChI=1S/C23H32N4OS/c1-15-6-12-18(13-7-15)25-22(28)17-10-8-16(9-11-17)14-24-21-19-4-2-3-5-20(19)26-23(29)27-21/h2-5,15-18H,6-14H2,1H3,(H,25,28)(H2,24,26,27,29). The van der Waals surface area contributed by atoms with Gasteiger partial charge in [-0.15, -0.1) is 0 Å². The lowest BCUT2D eigenvalue weighted by atomic mass is 9.81. The van der Waals surface area contributed by atoms with E-state index in [1.54, 1.807) is 0 Å². The van der Waals surface area contributed by atoms with Gasteiger partial charge in [0.05, 0.1) is 5.52 Å². The number of carbonyl (C=O) groups excluding carboxylic acids is 1. The van der Waals surface area contributed by atoms with Gasteiger partial charge >= 0.3 is 0 Å². The molecule has 2 aliphatic carbocycles. The molecule has 4 rings (SSSR count). The van der Waals surface area contributed by atoms with Crippen LogP contribution in [-0.4, -0.2) is 28.5 Å². The number of H-pyrrole nitrogens is 1. The fourth-order valence-corrected chi connectivity index (χ4v) is 5.03. The van der Waals surface area contributed by atoms with Gasteiger partial charge in [-0.2, -0.15) is 0 Å². The van der Waals surface area contributed by atoms with Crippen LogP contribution in [0, 0.1) is 22.5 Å². The van der Waals surface area contributed by atoms with Crippen molar-refractivity contribution in [2.75, 3.05) is 11.9 Å². The fraction of sp³-hybridized carbons (Fsp3) is 0.609. The Morgan fingerprint density at radius 3 is 2.59 bits per heavy atom. The van der Waals surface area contributed by atoms with Crippen molar-refractivity contribution < 1.29 is 4.79 Å². The van der Waals surface area contributed by atoms with Crippen molar-refractivity contribution in [3.05, 3.63) is 29.0 Å². The van der Waals surface area contributed by atoms with Crippen molar-refractivity contribution in [1.29, 1.82) is 0 Å². The number of carbonyl (C=O) groups is 1. The third-order valence-electron chi connectivity index (χ3n) is 6.78. The van der Waals surface area contributed by atoms with Crippen LogP contribution in [0.15, 0.2) is 24.3 Å². The molecule has 1 aromatic heterocycles. The summed E-state index contributed by atoms with van der Waals surface area (Å²) in [6.07, 6.45) is 8.94. The number of anilines is 1. The van der Waals surface area contributed by atoms with Gasteiger partial charge in [-0.05, 0) is 87.6 Å². The minimum Gasteiger partial charge on any atom is -0.369 e. The lowest BCUT2D eigenvalue weighted by Gasteiger charge is -2.31. The molecule has 5 nitrogen and oxygen atoms in total. The topological polar surface area (TPSA) is 69.8 Å². The Kier molecular flexibility index (Phi) is 6.48. The van der Waals surface area contributed by atoms with Crippen LogP contribution in [-0.2, 0) is 4.79 Å². The van der Waals surface area contributed by atoms with E-state index in [1.165, 1.54) is 12.8 Å². The van der Waals surface area contributed by atoms with Gasteiger partial charge in [-0.1, -0.05) is 19.1 Å². The van der Waals surface area contributed by atoms with E-state index < -0.39 is 0 Å². The summed E-state index contributed by atoms with van der Waals surface area (Å²) in [7, 11) is 0. The van der Waals surface area contributed by atoms with Crippen LogP contribution >= 0.6 is 12.2 Å². The van der Waals surface area contributed by atoms with Gasteiger partial charge in [0.2, 0.25) is 5.91 Å². The Morgan fingerprint density at radius 1 is 1.10 bits per heavy atom. The van der Waals surface area contributed by atoms with Gasteiger partial charge in [0.15, 0.2) is 4.77 Å². The molecule has 0 bridgehead atoms. The summed E-state index contributed by atoms with van der Waals surface area (Å²) < 4.78 is 0.503. The van der Waals surface area contributed by atoms with E-state index in [0.717, 1.165) is 67.7 Å². The molecule has 2 fully saturated rings. The summed E-state index contributed by atoms with van der Waals surface area (Å²) in [6, 6.07) is 8.50. The zero-order chi connectivity index (χ0) is 20.2. The van der Waals surface area contributed by atoms with Crippen LogP contribution in [0.25, 0.3) is 10.9 Å². The number of aromatic nitrogens is 2. The molecule has 6 heteroatoms. The zero-order valence-electron chi connectivity index (χ0n) is 17.2. The summed E-state index contributed by atoms with van der Waals surface area (Å²) in [5.41, 5.74) is 1.01. The van der Waals surface area contributed by atoms with Gasteiger partial charge < -0.3 is 15.6 Å². The molecule has 3 N–H and O–H groups in total. The molecule has 0 aliphatic heterocycles. The highest BCUT2D eigenvalue weighted by Crippen LogP contribution is 2.31. The Labute approximate surface area is 178 Å². The van der Waals surface area contributed by atoms with Crippen molar-refractivity contribution in [3.63, 3.8) is 0 Å². The molecule has 0 saturated heterocycles. The third kappa shape index (κ3) is 5.16. The average molecular weight is 413 g/mol. The molecule has 2 aromatic rings. The molecule has 1 heterocycles. The van der Waals surface area contributed by atoms with Gasteiger partial charge in [0, 0.05) is 23.9 Å². The third-order valence-corrected chi connectivity index (χ3v) is 6.97. The molecule has 156 valence electrons. The molecule has 0 unspecified atom stereocenters. The second-order valence-electron chi connectivity index (χ2n) is 9.00. The highest BCUT2D eigenvalue weighted by Gasteiger charge is 2.28. The predicted molar refractivity (Wildman–Crippen MR) is 120 cm³/mol. The smallest absolute Gasteiger partial charge is 0.223 e. The summed E-state index contributed by atoms with van der Waals surface area (Å²) in [6.45, 7) is 3.19. The van der Waals surface area contributed by atoms with Crippen LogP contribution in [0.1, 0.15) is 58.3 Å². The van der Waals surface area contributed by atoms with Gasteiger partial charge in [0.25, 0.3) is 0 Å². The van der Waals surface area contributed by atoms with Gasteiger partial charge in [-0.3, -0.25) is 4.79 Å². The van der Waals surface area contributed by atoms with Crippen LogP contribution in [0.5, 0.6) is 0 Å². The first-order valence-corrected chi connectivity index (χ1v) is 11.5. The number of benzene rings is 1. The first kappa shape index (κ1) is 20.3. The molecule has 0 radical (unpaired) electrons. The zero-order valence-corrected chi connectivity index (χ0v) is 18.1. The van der Waals surface area contributed by atoms with E-state index in [1.807, 2.05) is 18.2 Å². The number of para-hydroxylation sites is 1. The monoisotopic (exact) mass is 412 g/mol. The number of rotatable bonds is 5. The summed E-state index contributed by atoms with van der Waals surface area (Å²) in [5, 5.41) is 7.91. The maximum absolute atomic E-state index is 12.7. The molecule has 1 aromatic carbocycles. The maximum Gasteiger partial charge on any atom is 0.223 e. The minimum absolute atomic E-state index is 0.190. The second kappa shape index (κ2) is 9.24. The van der Waals surface area contributed by atoms with Crippen LogP contribution < -0.4 is 10.6 Å². The molecule has 2 saturated carbocycles. The van der Waals surface area contributed by atoms with Crippen molar-refractivity contribution in [2.45, 2.75) is 64.3 Å². The number of hydrogen-bond acceptors (Lipinski definition) is 4. The first-order valence-electron chi connectivity index (χ1n) is 11.1. The number of fused-ring (bicyclic) bond motifs is 1. The van der Waals surface area contributed by atoms with E-state index in [-0.39, 0.29) is 11.8 Å². The summed E-state index contributed by atoms with van der Waals surface area (Å²) in [5.74, 6) is 2.73. The second-order valence-corrected chi connectivity index (χ2v) is 9.39. The SMILES string of the molecule is CC1CCC(NC(=O)C2CCC(CNc3nc(=S)[nH]c4ccccc34)CC2)CC1. The van der Waals surface area contributed by atoms with E-state index in [2.05, 4.69) is 33.6 Å². The van der Waals surface area contributed by atoms with Gasteiger partial charge in [-0.25, -0.2) is 4.98 Å². The van der Waals surface area contributed by atoms with Crippen molar-refractivity contribution in [3.8, 4) is 0 Å². The average Bonchev–Trinajstić information content (AvgIpc) is 2.74. The Morgan fingerprint density at radius 2 is 1.83 bits per heavy atom. The number of amides is 1. The normalized spacial score (nSPS) is 27.5. The fourth-order valence-electron chi connectivity index (χ4n) is 4.83. The largest absolute Gasteiger partial charge is 0.369 e. The molecular formula is C23H32N4OS. The first-order chi connectivity index (χ1) is 14.1. The van der Waals surface area contributed by atoms with Crippen molar-refractivity contribution in [2.24, 2.45) is 17.8 Å². The minimum atomic E-state index is 0.190. The number of nitrogens with one attached hydrogen (secondary N) is 3. The maximum atomic E-state index is 12.7. The highest BCUT2D eigenvalue weighted by molar-refractivity contribution is 7.71. The van der Waals surface area contributed by atoms with Gasteiger partial charge in [0.1, 0.15) is 5.82 Å². The molecule has 2 aliphatic rings. The predicted octanol–water partition coefficient (Wildman–Crippen LogP) is 5.21. The number of aromatic amines is 1. The number of hydrogen-bond donors (Lipinski definition) is 3. The quantitative estimate of drug-likeness (QED) is 0.590. The van der Waals surface area contributed by atoms with E-state index >= 15 is 0 Å². The van der Waals surface area contributed by atoms with E-state index in [4.69, 9.17) is 12.2 Å². The molecular weight excluding hydrogens is 380 g/mol. The molecule has 0 spiro atoms. The number of nitrogens with zero attached hydrogens (tertiary/aromatic N) is 1.